The van der Waals surface area contributed by atoms with Crippen molar-refractivity contribution < 1.29 is 14.3 Å². The molecule has 0 saturated carbocycles. The van der Waals surface area contributed by atoms with Crippen molar-refractivity contribution in [2.45, 2.75) is 29.9 Å². The van der Waals surface area contributed by atoms with Gasteiger partial charge in [0.05, 0.1) is 34.5 Å². The van der Waals surface area contributed by atoms with E-state index < -0.39 is 27.9 Å². The Morgan fingerprint density at radius 1 is 0.875 bits per heavy atom. The van der Waals surface area contributed by atoms with Gasteiger partial charge in [0.25, 0.3) is 0 Å². The molecule has 1 unspecified atom stereocenters. The topological polar surface area (TPSA) is 94.3 Å². The molecule has 0 spiro atoms. The number of esters is 1. The molecule has 12 radical (unpaired) electrons. The molecule has 184 valence electrons. The van der Waals surface area contributed by atoms with Gasteiger partial charge < -0.3 is 15.8 Å². The first-order valence-electron chi connectivity index (χ1n) is 12.2. The summed E-state index contributed by atoms with van der Waals surface area (Å²) in [5.41, 5.74) is 9.18. The zero-order valence-electron chi connectivity index (χ0n) is 22.1. The average molecular weight is 512 g/mol. The number of nitrogens with two attached hydrogens (primary N) is 1. The highest BCUT2D eigenvalue weighted by atomic mass is 16.5. The largest absolute Gasteiger partial charge is 0.471 e. The third-order valence-electron chi connectivity index (χ3n) is 6.75. The fourth-order valence-electron chi connectivity index (χ4n) is 4.39. The minimum absolute atomic E-state index is 0.159. The summed E-state index contributed by atoms with van der Waals surface area (Å²) in [5.74, 6) is -1.47. The molecular weight excluding hydrogens is 491 g/mol. The van der Waals surface area contributed by atoms with Gasteiger partial charge in [0.1, 0.15) is 23.5 Å². The summed E-state index contributed by atoms with van der Waals surface area (Å²) in [6, 6.07) is 17.8. The molecule has 40 heavy (non-hydrogen) atoms. The van der Waals surface area contributed by atoms with Gasteiger partial charge in [-0.3, -0.25) is 9.78 Å². The summed E-state index contributed by atoms with van der Waals surface area (Å²) in [6.07, 6.45) is 1.55. The maximum Gasteiger partial charge on any atom is 0.337 e. The number of benzene rings is 3. The fourth-order valence-corrected chi connectivity index (χ4v) is 4.39. The van der Waals surface area contributed by atoms with E-state index in [9.17, 15) is 9.59 Å². The lowest BCUT2D eigenvalue weighted by Gasteiger charge is -2.43. The number of aromatic nitrogens is 1. The van der Waals surface area contributed by atoms with Crippen molar-refractivity contribution in [2.24, 2.45) is 5.73 Å². The lowest BCUT2D eigenvalue weighted by Crippen LogP contribution is -2.65. The van der Waals surface area contributed by atoms with Gasteiger partial charge in [-0.1, -0.05) is 48.0 Å². The van der Waals surface area contributed by atoms with E-state index in [2.05, 4.69) is 10.3 Å². The summed E-state index contributed by atoms with van der Waals surface area (Å²) in [4.78, 5) is 30.3. The molecule has 0 saturated heterocycles. The van der Waals surface area contributed by atoms with Crippen molar-refractivity contribution in [2.75, 3.05) is 5.32 Å². The number of fused-ring (bicyclic) bond motifs is 1. The number of amides is 1. The van der Waals surface area contributed by atoms with E-state index in [1.807, 2.05) is 13.0 Å². The zero-order valence-corrected chi connectivity index (χ0v) is 22.1. The number of nitrogens with one attached hydrogen (secondary N) is 1. The molecular formula is C28H21B6N3O3. The Hall–Kier alpha value is -3.64. The summed E-state index contributed by atoms with van der Waals surface area (Å²) >= 11 is 0. The van der Waals surface area contributed by atoms with Crippen LogP contribution in [0, 0.1) is 13.8 Å². The Morgan fingerprint density at radius 3 is 2.15 bits per heavy atom. The molecule has 1 aromatic heterocycles. The molecule has 0 aliphatic heterocycles. The normalized spacial score (nSPS) is 13.4. The third kappa shape index (κ3) is 5.64. The highest BCUT2D eigenvalue weighted by molar-refractivity contribution is 6.50. The van der Waals surface area contributed by atoms with Gasteiger partial charge in [0.15, 0.2) is 0 Å². The number of ether oxygens (including phenoxy) is 1. The van der Waals surface area contributed by atoms with Gasteiger partial charge in [-0.25, -0.2) is 4.79 Å². The van der Waals surface area contributed by atoms with Crippen LogP contribution in [-0.4, -0.2) is 69.3 Å². The predicted octanol–water partition coefficient (Wildman–Crippen LogP) is 0.902. The van der Waals surface area contributed by atoms with E-state index in [-0.39, 0.29) is 11.1 Å². The Morgan fingerprint density at radius 2 is 1.52 bits per heavy atom. The molecule has 0 bridgehead atoms. The third-order valence-corrected chi connectivity index (χ3v) is 6.75. The minimum atomic E-state index is -2.19. The van der Waals surface area contributed by atoms with Crippen LogP contribution in [0.25, 0.3) is 10.8 Å². The number of anilines is 1. The van der Waals surface area contributed by atoms with Crippen LogP contribution >= 0.6 is 0 Å². The summed E-state index contributed by atoms with van der Waals surface area (Å²) < 4.78 is 5.41. The minimum Gasteiger partial charge on any atom is -0.471 e. The van der Waals surface area contributed by atoms with Crippen molar-refractivity contribution in [3.63, 3.8) is 0 Å². The first kappa shape index (κ1) is 29.3. The summed E-state index contributed by atoms with van der Waals surface area (Å²) in [6.45, 7) is 3.69. The summed E-state index contributed by atoms with van der Waals surface area (Å²) in [5, 5.41) is -2.13. The first-order valence-corrected chi connectivity index (χ1v) is 12.2. The number of nitrogens with zero attached hydrogens (tertiary/aromatic N) is 1. The standard InChI is InChI=1S/C28H21B6N3O3/c1-15-3-9-21(16(2)13-15)24(38)40-27(31,32)19-6-4-18(5-7-19)26(30,28(33,34)35)25(39)37-20-8-10-22-17(14-20)11-12-36-23(22)29/h3-14H,35H2,1-2H3,(H,37,39). The second-order valence-corrected chi connectivity index (χ2v) is 9.91. The highest BCUT2D eigenvalue weighted by Gasteiger charge is 2.44. The van der Waals surface area contributed by atoms with E-state index in [4.69, 9.17) is 57.5 Å². The van der Waals surface area contributed by atoms with E-state index in [0.29, 0.717) is 27.8 Å². The number of carbonyl (C=O) groups excluding carboxylic acids is 2. The van der Waals surface area contributed by atoms with Gasteiger partial charge in [0, 0.05) is 17.2 Å². The molecule has 4 aromatic rings. The molecule has 0 aliphatic rings. The van der Waals surface area contributed by atoms with Crippen molar-refractivity contribution in [1.29, 1.82) is 0 Å². The number of rotatable bonds is 7. The van der Waals surface area contributed by atoms with Crippen LogP contribution in [0.15, 0.2) is 72.9 Å². The van der Waals surface area contributed by atoms with Gasteiger partial charge in [-0.15, -0.1) is 0 Å². The van der Waals surface area contributed by atoms with E-state index in [1.54, 1.807) is 49.5 Å². The maximum atomic E-state index is 13.5. The highest BCUT2D eigenvalue weighted by Crippen LogP contribution is 2.32. The van der Waals surface area contributed by atoms with Gasteiger partial charge in [0.2, 0.25) is 5.91 Å². The zero-order chi connectivity index (χ0) is 29.5. The molecule has 6 nitrogen and oxygen atoms in total. The van der Waals surface area contributed by atoms with E-state index in [1.165, 1.54) is 24.3 Å². The van der Waals surface area contributed by atoms with Crippen LogP contribution in [-0.2, 0) is 20.2 Å². The quantitative estimate of drug-likeness (QED) is 0.284. The molecule has 1 amide bonds. The number of carbonyl (C=O) groups is 2. The van der Waals surface area contributed by atoms with E-state index in [0.717, 1.165) is 10.9 Å². The second-order valence-electron chi connectivity index (χ2n) is 9.91. The molecule has 3 N–H and O–H groups in total. The predicted molar refractivity (Wildman–Crippen MR) is 163 cm³/mol. The van der Waals surface area contributed by atoms with Crippen molar-refractivity contribution in [3.05, 3.63) is 101 Å². The Balaban J connectivity index is 1.60. The lowest BCUT2D eigenvalue weighted by molar-refractivity contribution is -0.119. The SMILES string of the molecule is [B]c1nccc2cc(NC(=O)C([B])(c3ccc(C([B])([B])OC(=O)c4ccc(C)cc4C)cc3)C([B])([B])N)ccc12. The molecule has 3 aromatic carbocycles. The van der Waals surface area contributed by atoms with Gasteiger partial charge in [-0.05, 0) is 76.5 Å². The average Bonchev–Trinajstić information content (AvgIpc) is 2.87. The Bertz CT molecular complexity index is 1610. The van der Waals surface area contributed by atoms with Crippen molar-refractivity contribution >= 4 is 81.0 Å². The molecule has 12 heteroatoms. The van der Waals surface area contributed by atoms with E-state index >= 15 is 0 Å². The van der Waals surface area contributed by atoms with Crippen LogP contribution in [0.2, 0.25) is 0 Å². The lowest BCUT2D eigenvalue weighted by atomic mass is 9.39. The maximum absolute atomic E-state index is 13.5. The van der Waals surface area contributed by atoms with Crippen LogP contribution < -0.4 is 16.6 Å². The number of aryl methyl sites for hydroxylation is 2. The molecule has 0 fully saturated rings. The molecule has 1 atom stereocenters. The number of hydrogen-bond donors (Lipinski definition) is 2. The number of hydrogen-bond acceptors (Lipinski definition) is 5. The van der Waals surface area contributed by atoms with Crippen LogP contribution in [0.4, 0.5) is 5.69 Å². The smallest absolute Gasteiger partial charge is 0.337 e. The fraction of sp³-hybridized carbons (Fsp3) is 0.179. The Labute approximate surface area is 241 Å². The molecule has 1 heterocycles. The second kappa shape index (κ2) is 10.7. The van der Waals surface area contributed by atoms with Crippen LogP contribution in [0.1, 0.15) is 32.6 Å². The van der Waals surface area contributed by atoms with Crippen molar-refractivity contribution in [3.8, 4) is 0 Å². The van der Waals surface area contributed by atoms with Crippen LogP contribution in [0.5, 0.6) is 0 Å². The van der Waals surface area contributed by atoms with Gasteiger partial charge >= 0.3 is 5.97 Å². The molecule has 4 rings (SSSR count). The van der Waals surface area contributed by atoms with Crippen molar-refractivity contribution in [1.82, 2.24) is 4.98 Å². The monoisotopic (exact) mass is 513 g/mol. The molecule has 0 aliphatic carbocycles. The Kier molecular flexibility index (Phi) is 7.88. The van der Waals surface area contributed by atoms with Gasteiger partial charge in [-0.2, -0.15) is 0 Å². The first-order chi connectivity index (χ1) is 18.6. The van der Waals surface area contributed by atoms with Crippen LogP contribution in [0.3, 0.4) is 0 Å². The number of pyridine rings is 1. The summed E-state index contributed by atoms with van der Waals surface area (Å²) in [7, 11) is 36.8.